The number of rotatable bonds is 6. The van der Waals surface area contributed by atoms with Crippen LogP contribution in [-0.2, 0) is 11.3 Å². The van der Waals surface area contributed by atoms with Crippen LogP contribution in [0.1, 0.15) is 12.0 Å². The van der Waals surface area contributed by atoms with Crippen LogP contribution in [0.25, 0.3) is 11.0 Å². The van der Waals surface area contributed by atoms with Crippen LogP contribution in [0.2, 0.25) is 5.02 Å². The number of imidazole rings is 1. The van der Waals surface area contributed by atoms with E-state index in [9.17, 15) is 4.79 Å². The van der Waals surface area contributed by atoms with Crippen LogP contribution in [0.5, 0.6) is 0 Å². The van der Waals surface area contributed by atoms with Crippen LogP contribution in [-0.4, -0.2) is 21.2 Å². The van der Waals surface area contributed by atoms with Gasteiger partial charge in [0.15, 0.2) is 5.16 Å². The molecule has 0 radical (unpaired) electrons. The van der Waals surface area contributed by atoms with Gasteiger partial charge in [0.25, 0.3) is 0 Å². The lowest BCUT2D eigenvalue weighted by molar-refractivity contribution is -0.113. The predicted molar refractivity (Wildman–Crippen MR) is 105 cm³/mol. The van der Waals surface area contributed by atoms with Crippen LogP contribution in [0.4, 0.5) is 5.69 Å². The number of fused-ring (bicyclic) bond motifs is 1. The molecule has 0 unspecified atom stereocenters. The van der Waals surface area contributed by atoms with Gasteiger partial charge in [0.05, 0.1) is 39.9 Å². The van der Waals surface area contributed by atoms with Crippen LogP contribution >= 0.6 is 23.4 Å². The molecule has 0 spiro atoms. The normalized spacial score (nSPS) is 10.3. The van der Waals surface area contributed by atoms with Gasteiger partial charge in [0, 0.05) is 12.2 Å². The molecule has 0 saturated heterocycles. The van der Waals surface area contributed by atoms with Gasteiger partial charge in [-0.05, 0) is 30.3 Å². The number of hydrogen-bond acceptors (Lipinski definition) is 5. The number of para-hydroxylation sites is 2. The van der Waals surface area contributed by atoms with Gasteiger partial charge in [-0.2, -0.15) is 10.5 Å². The van der Waals surface area contributed by atoms with Gasteiger partial charge in [-0.25, -0.2) is 4.98 Å². The minimum Gasteiger partial charge on any atom is -0.325 e. The third kappa shape index (κ3) is 4.40. The number of aromatic nitrogens is 2. The quantitative estimate of drug-likeness (QED) is 0.631. The molecule has 0 aliphatic heterocycles. The number of thioether (sulfide) groups is 1. The van der Waals surface area contributed by atoms with Crippen LogP contribution in [0.3, 0.4) is 0 Å². The molecule has 3 rings (SSSR count). The van der Waals surface area contributed by atoms with Gasteiger partial charge in [-0.3, -0.25) is 4.79 Å². The first-order valence-corrected chi connectivity index (χ1v) is 9.43. The summed E-state index contributed by atoms with van der Waals surface area (Å²) in [5, 5.41) is 21.5. The summed E-state index contributed by atoms with van der Waals surface area (Å²) in [5.74, 6) is -0.0484. The molecule has 6 nitrogen and oxygen atoms in total. The van der Waals surface area contributed by atoms with Crippen molar-refractivity contribution in [2.45, 2.75) is 18.1 Å². The first-order valence-electron chi connectivity index (χ1n) is 8.07. The fourth-order valence-electron chi connectivity index (χ4n) is 2.55. The number of anilines is 1. The second kappa shape index (κ2) is 8.59. The lowest BCUT2D eigenvalue weighted by atomic mass is 10.2. The molecule has 27 heavy (non-hydrogen) atoms. The van der Waals surface area contributed by atoms with Crippen molar-refractivity contribution in [2.75, 3.05) is 11.1 Å². The number of hydrogen-bond donors (Lipinski definition) is 1. The molecule has 0 saturated carbocycles. The largest absolute Gasteiger partial charge is 0.325 e. The Morgan fingerprint density at radius 3 is 2.81 bits per heavy atom. The number of carbonyl (C=O) groups is 1. The Labute approximate surface area is 165 Å². The van der Waals surface area contributed by atoms with E-state index in [1.54, 1.807) is 18.2 Å². The van der Waals surface area contributed by atoms with Crippen LogP contribution in [0.15, 0.2) is 47.6 Å². The average molecular weight is 396 g/mol. The smallest absolute Gasteiger partial charge is 0.234 e. The number of halogens is 1. The van der Waals surface area contributed by atoms with E-state index in [0.29, 0.717) is 34.4 Å². The highest BCUT2D eigenvalue weighted by molar-refractivity contribution is 7.99. The van der Waals surface area contributed by atoms with Crippen molar-refractivity contribution >= 4 is 46.0 Å². The van der Waals surface area contributed by atoms with Crippen molar-refractivity contribution in [3.05, 3.63) is 53.1 Å². The van der Waals surface area contributed by atoms with E-state index in [0.717, 1.165) is 11.0 Å². The molecule has 0 aliphatic rings. The number of aryl methyl sites for hydroxylation is 1. The molecule has 0 bridgehead atoms. The third-order valence-corrected chi connectivity index (χ3v) is 5.06. The number of nitriles is 2. The van der Waals surface area contributed by atoms with Crippen LogP contribution < -0.4 is 5.32 Å². The summed E-state index contributed by atoms with van der Waals surface area (Å²) in [6.07, 6.45) is 0.365. The zero-order chi connectivity index (χ0) is 19.2. The van der Waals surface area contributed by atoms with Crippen LogP contribution in [0, 0.1) is 22.7 Å². The second-order valence-electron chi connectivity index (χ2n) is 5.59. The maximum atomic E-state index is 12.3. The van der Waals surface area contributed by atoms with Crippen molar-refractivity contribution in [2.24, 2.45) is 0 Å². The monoisotopic (exact) mass is 395 g/mol. The first kappa shape index (κ1) is 18.8. The minimum atomic E-state index is -0.209. The number of nitrogens with zero attached hydrogens (tertiary/aromatic N) is 4. The fourth-order valence-corrected chi connectivity index (χ4v) is 3.62. The summed E-state index contributed by atoms with van der Waals surface area (Å²) in [7, 11) is 0. The Bertz CT molecular complexity index is 1080. The first-order chi connectivity index (χ1) is 13.1. The SMILES string of the molecule is N#CCCn1c(SCC(=O)Nc2ccc(C#N)c(Cl)c2)nc2ccccc21. The maximum Gasteiger partial charge on any atom is 0.234 e. The molecular weight excluding hydrogens is 382 g/mol. The molecule has 1 amide bonds. The number of nitrogens with one attached hydrogen (secondary N) is 1. The highest BCUT2D eigenvalue weighted by Crippen LogP contribution is 2.25. The summed E-state index contributed by atoms with van der Waals surface area (Å²) < 4.78 is 1.95. The van der Waals surface area contributed by atoms with Crippen molar-refractivity contribution in [3.8, 4) is 12.1 Å². The van der Waals surface area contributed by atoms with Crippen molar-refractivity contribution in [1.82, 2.24) is 9.55 Å². The number of benzene rings is 2. The Kier molecular flexibility index (Phi) is 5.97. The van der Waals surface area contributed by atoms with Gasteiger partial charge >= 0.3 is 0 Å². The van der Waals surface area contributed by atoms with E-state index in [4.69, 9.17) is 22.1 Å². The highest BCUT2D eigenvalue weighted by Gasteiger charge is 2.13. The van der Waals surface area contributed by atoms with E-state index in [1.807, 2.05) is 34.9 Å². The molecule has 0 aliphatic carbocycles. The molecule has 0 atom stereocenters. The molecule has 8 heteroatoms. The molecular formula is C19H14ClN5OS. The Morgan fingerprint density at radius 1 is 1.26 bits per heavy atom. The van der Waals surface area contributed by atoms with Gasteiger partial charge in [-0.1, -0.05) is 35.5 Å². The zero-order valence-corrected chi connectivity index (χ0v) is 15.7. The van der Waals surface area contributed by atoms with E-state index in [1.165, 1.54) is 11.8 Å². The number of amides is 1. The van der Waals surface area contributed by atoms with Gasteiger partial charge in [-0.15, -0.1) is 0 Å². The lowest BCUT2D eigenvalue weighted by Crippen LogP contribution is -2.14. The van der Waals surface area contributed by atoms with E-state index in [2.05, 4.69) is 16.4 Å². The summed E-state index contributed by atoms with van der Waals surface area (Å²) >= 11 is 7.29. The molecule has 134 valence electrons. The fraction of sp³-hybridized carbons (Fsp3) is 0.158. The molecule has 0 fully saturated rings. The summed E-state index contributed by atoms with van der Waals surface area (Å²) in [6, 6.07) is 16.5. The number of carbonyl (C=O) groups excluding carboxylic acids is 1. The summed E-state index contributed by atoms with van der Waals surface area (Å²) in [6.45, 7) is 0.520. The van der Waals surface area contributed by atoms with Gasteiger partial charge in [0.1, 0.15) is 6.07 Å². The van der Waals surface area contributed by atoms with Crippen molar-refractivity contribution in [3.63, 3.8) is 0 Å². The van der Waals surface area contributed by atoms with Crippen molar-refractivity contribution < 1.29 is 4.79 Å². The molecule has 1 aromatic heterocycles. The molecule has 2 aromatic carbocycles. The second-order valence-corrected chi connectivity index (χ2v) is 6.94. The Hall–Kier alpha value is -3.00. The molecule has 1 heterocycles. The Balaban J connectivity index is 1.71. The maximum absolute atomic E-state index is 12.3. The lowest BCUT2D eigenvalue weighted by Gasteiger charge is -2.08. The topological polar surface area (TPSA) is 94.5 Å². The average Bonchev–Trinajstić information content (AvgIpc) is 3.02. The zero-order valence-electron chi connectivity index (χ0n) is 14.1. The molecule has 1 N–H and O–H groups in total. The van der Waals surface area contributed by atoms with E-state index >= 15 is 0 Å². The third-order valence-electron chi connectivity index (χ3n) is 3.77. The molecule has 3 aromatic rings. The van der Waals surface area contributed by atoms with E-state index in [-0.39, 0.29) is 11.7 Å². The summed E-state index contributed by atoms with van der Waals surface area (Å²) in [4.78, 5) is 16.8. The standard InChI is InChI=1S/C19H14ClN5OS/c20-15-10-14(7-6-13(15)11-22)23-18(26)12-27-19-24-16-4-1-2-5-17(16)25(19)9-3-8-21/h1-2,4-7,10H,3,9,12H2,(H,23,26). The minimum absolute atomic E-state index is 0.160. The predicted octanol–water partition coefficient (Wildman–Crippen LogP) is 4.21. The van der Waals surface area contributed by atoms with Crippen molar-refractivity contribution in [1.29, 1.82) is 10.5 Å². The Morgan fingerprint density at radius 2 is 2.07 bits per heavy atom. The highest BCUT2D eigenvalue weighted by atomic mass is 35.5. The summed E-state index contributed by atoms with van der Waals surface area (Å²) in [5.41, 5.74) is 2.66. The van der Waals surface area contributed by atoms with Gasteiger partial charge in [0.2, 0.25) is 5.91 Å². The van der Waals surface area contributed by atoms with E-state index < -0.39 is 0 Å². The van der Waals surface area contributed by atoms with Gasteiger partial charge < -0.3 is 9.88 Å².